The topological polar surface area (TPSA) is 108 Å². The van der Waals surface area contributed by atoms with E-state index in [1.165, 1.54) is 0 Å². The number of carbonyl (C=O) groups excluding carboxylic acids is 4. The highest BCUT2D eigenvalue weighted by atomic mass is 16.6. The van der Waals surface area contributed by atoms with Crippen molar-refractivity contribution in [3.63, 3.8) is 0 Å². The number of hydrogen-bond donors (Lipinski definition) is 0. The molecule has 4 atom stereocenters. The quantitative estimate of drug-likeness (QED) is 0.332. The molecular formula is C22H37NO8. The predicted octanol–water partition coefficient (Wildman–Crippen LogP) is 2.39. The minimum absolute atomic E-state index is 0.0212. The molecule has 9 nitrogen and oxygen atoms in total. The van der Waals surface area contributed by atoms with E-state index in [-0.39, 0.29) is 44.8 Å². The van der Waals surface area contributed by atoms with E-state index in [0.717, 1.165) is 12.8 Å². The minimum atomic E-state index is -0.985. The van der Waals surface area contributed by atoms with Gasteiger partial charge in [-0.2, -0.15) is 0 Å². The normalized spacial score (nSPS) is 23.6. The van der Waals surface area contributed by atoms with Crippen LogP contribution in [0.4, 0.5) is 0 Å². The molecule has 1 fully saturated rings. The largest absolute Gasteiger partial charge is 0.464 e. The number of likely N-dealkylation sites (tertiary alicyclic amines) is 1. The second kappa shape index (κ2) is 14.0. The molecule has 0 amide bonds. The van der Waals surface area contributed by atoms with Crippen LogP contribution in [-0.4, -0.2) is 72.8 Å². The Hall–Kier alpha value is -2.16. The van der Waals surface area contributed by atoms with Crippen LogP contribution in [0.25, 0.3) is 0 Å². The van der Waals surface area contributed by atoms with Crippen LogP contribution in [0, 0.1) is 0 Å². The Bertz CT molecular complexity index is 608. The molecule has 0 spiro atoms. The zero-order valence-corrected chi connectivity index (χ0v) is 19.4. The highest BCUT2D eigenvalue weighted by Gasteiger charge is 2.50. The summed E-state index contributed by atoms with van der Waals surface area (Å²) >= 11 is 0. The number of ether oxygens (including phenoxy) is 4. The smallest absolute Gasteiger partial charge is 0.306 e. The molecule has 1 rings (SSSR count). The van der Waals surface area contributed by atoms with Crippen LogP contribution in [0.1, 0.15) is 73.1 Å². The van der Waals surface area contributed by atoms with Crippen molar-refractivity contribution in [2.24, 2.45) is 0 Å². The molecule has 0 aliphatic carbocycles. The maximum atomic E-state index is 12.2. The molecule has 1 aliphatic rings. The van der Waals surface area contributed by atoms with E-state index < -0.39 is 42.3 Å². The summed E-state index contributed by atoms with van der Waals surface area (Å²) in [6.07, 6.45) is -0.328. The number of carbonyl (C=O) groups is 4. The first-order valence-corrected chi connectivity index (χ1v) is 11.3. The number of piperidine rings is 1. The Morgan fingerprint density at radius 3 is 1.77 bits per heavy atom. The first kappa shape index (κ1) is 26.9. The van der Waals surface area contributed by atoms with Crippen molar-refractivity contribution < 1.29 is 38.1 Å². The van der Waals surface area contributed by atoms with Crippen molar-refractivity contribution in [3.8, 4) is 0 Å². The van der Waals surface area contributed by atoms with Gasteiger partial charge in [-0.25, -0.2) is 0 Å². The molecule has 1 aliphatic heterocycles. The molecule has 178 valence electrons. The van der Waals surface area contributed by atoms with Crippen LogP contribution in [0.5, 0.6) is 0 Å². The Balaban J connectivity index is 3.33. The summed E-state index contributed by atoms with van der Waals surface area (Å²) in [7, 11) is 0. The summed E-state index contributed by atoms with van der Waals surface area (Å²) in [6.45, 7) is 9.61. The van der Waals surface area contributed by atoms with Gasteiger partial charge in [0.1, 0.15) is 6.61 Å². The van der Waals surface area contributed by atoms with Gasteiger partial charge in [-0.3, -0.25) is 24.1 Å². The molecule has 1 heterocycles. The number of rotatable bonds is 12. The standard InChI is InChI=1S/C22H37NO8/c1-6-11-12-23-13-16(29-18(25)8-3)22(31-20(27)10-5)21(30-19(26)9-4)15(23)14-28-17(24)7-2/h15-16,21-22H,6-14H2,1-5H3/t15-,16+,21-,22-/m1/s1. The zero-order valence-electron chi connectivity index (χ0n) is 19.4. The van der Waals surface area contributed by atoms with Gasteiger partial charge in [-0.05, 0) is 13.0 Å². The van der Waals surface area contributed by atoms with Gasteiger partial charge >= 0.3 is 23.9 Å². The Labute approximate surface area is 184 Å². The maximum absolute atomic E-state index is 12.2. The summed E-state index contributed by atoms with van der Waals surface area (Å²) in [5.41, 5.74) is 0. The molecule has 0 unspecified atom stereocenters. The Morgan fingerprint density at radius 2 is 1.26 bits per heavy atom. The van der Waals surface area contributed by atoms with Crippen molar-refractivity contribution in [2.45, 2.75) is 97.5 Å². The van der Waals surface area contributed by atoms with Gasteiger partial charge in [-0.1, -0.05) is 41.0 Å². The third kappa shape index (κ3) is 8.47. The van der Waals surface area contributed by atoms with Gasteiger partial charge in [0.2, 0.25) is 0 Å². The fraction of sp³-hybridized carbons (Fsp3) is 0.818. The first-order chi connectivity index (χ1) is 14.8. The monoisotopic (exact) mass is 443 g/mol. The number of unbranched alkanes of at least 4 members (excludes halogenated alkanes) is 1. The van der Waals surface area contributed by atoms with E-state index in [9.17, 15) is 19.2 Å². The summed E-state index contributed by atoms with van der Waals surface area (Å²) in [4.78, 5) is 50.2. The fourth-order valence-electron chi connectivity index (χ4n) is 3.32. The fourth-order valence-corrected chi connectivity index (χ4v) is 3.32. The Kier molecular flexibility index (Phi) is 12.1. The van der Waals surface area contributed by atoms with E-state index in [2.05, 4.69) is 0 Å². The van der Waals surface area contributed by atoms with Crippen molar-refractivity contribution in [1.82, 2.24) is 4.90 Å². The van der Waals surface area contributed by atoms with Crippen LogP contribution < -0.4 is 0 Å². The molecule has 0 N–H and O–H groups in total. The van der Waals surface area contributed by atoms with Crippen LogP contribution in [-0.2, 0) is 38.1 Å². The van der Waals surface area contributed by atoms with Crippen molar-refractivity contribution >= 4 is 23.9 Å². The average Bonchev–Trinajstić information content (AvgIpc) is 2.77. The molecule has 9 heteroatoms. The molecule has 0 radical (unpaired) electrons. The maximum Gasteiger partial charge on any atom is 0.306 e. The summed E-state index contributed by atoms with van der Waals surface area (Å²) in [5.74, 6) is -1.79. The first-order valence-electron chi connectivity index (χ1n) is 11.3. The van der Waals surface area contributed by atoms with E-state index >= 15 is 0 Å². The van der Waals surface area contributed by atoms with Crippen LogP contribution in [0.2, 0.25) is 0 Å². The van der Waals surface area contributed by atoms with Gasteiger partial charge in [0.15, 0.2) is 18.3 Å². The van der Waals surface area contributed by atoms with Crippen molar-refractivity contribution in [1.29, 1.82) is 0 Å². The SMILES string of the molecule is CCCCN1C[C@H](OC(=O)CC)[C@@H](OC(=O)CC)[C@H](OC(=O)CC)[C@H]1COC(=O)CC. The lowest BCUT2D eigenvalue weighted by Crippen LogP contribution is -2.65. The van der Waals surface area contributed by atoms with Gasteiger partial charge in [-0.15, -0.1) is 0 Å². The van der Waals surface area contributed by atoms with Gasteiger partial charge < -0.3 is 18.9 Å². The van der Waals surface area contributed by atoms with Crippen molar-refractivity contribution in [2.75, 3.05) is 19.7 Å². The highest BCUT2D eigenvalue weighted by Crippen LogP contribution is 2.28. The van der Waals surface area contributed by atoms with E-state index in [1.807, 2.05) is 11.8 Å². The number of esters is 4. The van der Waals surface area contributed by atoms with Crippen LogP contribution in [0.15, 0.2) is 0 Å². The minimum Gasteiger partial charge on any atom is -0.464 e. The van der Waals surface area contributed by atoms with Crippen LogP contribution in [0.3, 0.4) is 0 Å². The van der Waals surface area contributed by atoms with Gasteiger partial charge in [0.05, 0.1) is 6.04 Å². The van der Waals surface area contributed by atoms with Crippen molar-refractivity contribution in [3.05, 3.63) is 0 Å². The molecule has 0 aromatic rings. The molecule has 0 bridgehead atoms. The number of hydrogen-bond acceptors (Lipinski definition) is 9. The lowest BCUT2D eigenvalue weighted by Gasteiger charge is -2.47. The van der Waals surface area contributed by atoms with Crippen LogP contribution >= 0.6 is 0 Å². The Morgan fingerprint density at radius 1 is 0.742 bits per heavy atom. The molecule has 31 heavy (non-hydrogen) atoms. The third-order valence-electron chi connectivity index (χ3n) is 5.14. The molecule has 0 aromatic heterocycles. The van der Waals surface area contributed by atoms with Gasteiger partial charge in [0, 0.05) is 32.2 Å². The molecular weight excluding hydrogens is 406 g/mol. The molecule has 1 saturated heterocycles. The second-order valence-corrected chi connectivity index (χ2v) is 7.45. The lowest BCUT2D eigenvalue weighted by molar-refractivity contribution is -0.209. The summed E-state index contributed by atoms with van der Waals surface area (Å²) in [6, 6.07) is -0.524. The third-order valence-corrected chi connectivity index (χ3v) is 5.14. The second-order valence-electron chi connectivity index (χ2n) is 7.45. The van der Waals surface area contributed by atoms with E-state index in [4.69, 9.17) is 18.9 Å². The number of nitrogens with zero attached hydrogens (tertiary/aromatic N) is 1. The zero-order chi connectivity index (χ0) is 23.4. The van der Waals surface area contributed by atoms with E-state index in [1.54, 1.807) is 27.7 Å². The lowest BCUT2D eigenvalue weighted by atomic mass is 9.92. The summed E-state index contributed by atoms with van der Waals surface area (Å²) in [5, 5.41) is 0. The molecule has 0 saturated carbocycles. The highest BCUT2D eigenvalue weighted by molar-refractivity contribution is 5.71. The average molecular weight is 444 g/mol. The predicted molar refractivity (Wildman–Crippen MR) is 112 cm³/mol. The van der Waals surface area contributed by atoms with Gasteiger partial charge in [0.25, 0.3) is 0 Å². The molecule has 0 aromatic carbocycles. The van der Waals surface area contributed by atoms with E-state index in [0.29, 0.717) is 6.54 Å². The summed E-state index contributed by atoms with van der Waals surface area (Å²) < 4.78 is 22.3.